The monoisotopic (exact) mass is 132 g/mol. The summed E-state index contributed by atoms with van der Waals surface area (Å²) in [6, 6.07) is 0. The second-order valence-corrected chi connectivity index (χ2v) is 1.57. The minimum absolute atomic E-state index is 0.195. The van der Waals surface area contributed by atoms with Gasteiger partial charge in [-0.1, -0.05) is 6.08 Å². The van der Waals surface area contributed by atoms with Gasteiger partial charge in [0.15, 0.2) is 5.05 Å². The van der Waals surface area contributed by atoms with Crippen LogP contribution >= 0.6 is 12.2 Å². The zero-order chi connectivity index (χ0) is 6.41. The summed E-state index contributed by atoms with van der Waals surface area (Å²) < 4.78 is 4.64. The fourth-order valence-electron chi connectivity index (χ4n) is 0.181. The lowest BCUT2D eigenvalue weighted by atomic mass is 10.7. The number of hydrogen-bond donors (Lipinski definition) is 1. The van der Waals surface area contributed by atoms with E-state index in [4.69, 9.17) is 5.11 Å². The normalized spacial score (nSPS) is 9.75. The molecule has 0 aromatic rings. The number of aliphatic hydroxyl groups excluding tert-OH is 1. The van der Waals surface area contributed by atoms with Crippen molar-refractivity contribution in [2.45, 2.75) is 6.92 Å². The molecule has 0 saturated heterocycles. The summed E-state index contributed by atoms with van der Waals surface area (Å²) in [5, 5.41) is 8.46. The summed E-state index contributed by atoms with van der Waals surface area (Å²) in [5.41, 5.74) is 0. The van der Waals surface area contributed by atoms with Gasteiger partial charge in [0.25, 0.3) is 0 Å². The third kappa shape index (κ3) is 3.77. The van der Waals surface area contributed by atoms with Gasteiger partial charge in [-0.15, -0.1) is 0 Å². The number of ether oxygens (including phenoxy) is 1. The molecule has 0 saturated carbocycles. The molecule has 0 radical (unpaired) electrons. The van der Waals surface area contributed by atoms with E-state index >= 15 is 0 Å². The van der Waals surface area contributed by atoms with Gasteiger partial charge < -0.3 is 9.84 Å². The average Bonchev–Trinajstić information content (AvgIpc) is 1.83. The summed E-state index contributed by atoms with van der Waals surface area (Å²) in [7, 11) is 0. The molecule has 0 aliphatic carbocycles. The lowest BCUT2D eigenvalue weighted by Gasteiger charge is -1.93. The van der Waals surface area contributed by atoms with Gasteiger partial charge in [-0.2, -0.15) is 0 Å². The zero-order valence-corrected chi connectivity index (χ0v) is 5.44. The number of rotatable bonds is 2. The highest BCUT2D eigenvalue weighted by atomic mass is 32.1. The first kappa shape index (κ1) is 7.59. The predicted molar refractivity (Wildman–Crippen MR) is 35.6 cm³/mol. The molecule has 0 aliphatic heterocycles. The van der Waals surface area contributed by atoms with E-state index in [-0.39, 0.29) is 11.7 Å². The third-order valence-electron chi connectivity index (χ3n) is 0.465. The van der Waals surface area contributed by atoms with Crippen molar-refractivity contribution in [3.05, 3.63) is 12.3 Å². The van der Waals surface area contributed by atoms with Crippen LogP contribution in [0, 0.1) is 0 Å². The number of allylic oxidation sites excluding steroid dienone is 1. The van der Waals surface area contributed by atoms with Crippen LogP contribution in [0.4, 0.5) is 0 Å². The molecule has 0 unspecified atom stereocenters. The van der Waals surface area contributed by atoms with E-state index in [1.54, 1.807) is 13.0 Å². The number of aliphatic hydroxyl groups is 1. The lowest BCUT2D eigenvalue weighted by molar-refractivity contribution is 0.322. The Morgan fingerprint density at radius 3 is 2.88 bits per heavy atom. The highest BCUT2D eigenvalue weighted by Gasteiger charge is 1.86. The minimum atomic E-state index is -0.195. The van der Waals surface area contributed by atoms with Crippen molar-refractivity contribution in [2.24, 2.45) is 0 Å². The van der Waals surface area contributed by atoms with Crippen molar-refractivity contribution < 1.29 is 9.84 Å². The van der Waals surface area contributed by atoms with Gasteiger partial charge in [-0.3, -0.25) is 0 Å². The van der Waals surface area contributed by atoms with E-state index < -0.39 is 0 Å². The summed E-state index contributed by atoms with van der Waals surface area (Å²) >= 11 is 4.50. The van der Waals surface area contributed by atoms with Crippen LogP contribution in [0.3, 0.4) is 0 Å². The van der Waals surface area contributed by atoms with Crippen LogP contribution < -0.4 is 0 Å². The molecule has 0 aromatic carbocycles. The molecule has 0 bridgehead atoms. The van der Waals surface area contributed by atoms with Crippen molar-refractivity contribution in [2.75, 3.05) is 6.61 Å². The van der Waals surface area contributed by atoms with Crippen LogP contribution in [0.15, 0.2) is 12.3 Å². The topological polar surface area (TPSA) is 29.5 Å². The van der Waals surface area contributed by atoms with Crippen molar-refractivity contribution in [3.63, 3.8) is 0 Å². The average molecular weight is 132 g/mol. The fourth-order valence-corrected chi connectivity index (χ4v) is 0.237. The number of thiocarbonyl (C=S) groups is 1. The van der Waals surface area contributed by atoms with Crippen LogP contribution in [0.5, 0.6) is 0 Å². The standard InChI is InChI=1S/C5H8O2S/c1-2-3-7-5(8)4-6/h2-3,6H,4H2,1H3. The molecule has 8 heavy (non-hydrogen) atoms. The maximum absolute atomic E-state index is 8.26. The first-order chi connectivity index (χ1) is 3.81. The Morgan fingerprint density at radius 2 is 2.50 bits per heavy atom. The van der Waals surface area contributed by atoms with Crippen LogP contribution in [-0.2, 0) is 4.74 Å². The van der Waals surface area contributed by atoms with Crippen molar-refractivity contribution in [3.8, 4) is 0 Å². The zero-order valence-electron chi connectivity index (χ0n) is 4.63. The van der Waals surface area contributed by atoms with Gasteiger partial charge >= 0.3 is 0 Å². The lowest BCUT2D eigenvalue weighted by Crippen LogP contribution is -2.00. The molecule has 0 heterocycles. The van der Waals surface area contributed by atoms with E-state index in [9.17, 15) is 0 Å². The SMILES string of the molecule is CC=COC(=S)CO. The Labute approximate surface area is 53.8 Å². The van der Waals surface area contributed by atoms with Gasteiger partial charge in [0.2, 0.25) is 0 Å². The van der Waals surface area contributed by atoms with Gasteiger partial charge in [-0.25, -0.2) is 0 Å². The minimum Gasteiger partial charge on any atom is -0.456 e. The summed E-state index contributed by atoms with van der Waals surface area (Å²) in [6.07, 6.45) is 3.13. The molecule has 0 aromatic heterocycles. The maximum Gasteiger partial charge on any atom is 0.191 e. The maximum atomic E-state index is 8.26. The Morgan fingerprint density at radius 1 is 1.88 bits per heavy atom. The van der Waals surface area contributed by atoms with E-state index in [1.807, 2.05) is 0 Å². The molecule has 0 atom stereocenters. The van der Waals surface area contributed by atoms with E-state index in [0.29, 0.717) is 0 Å². The van der Waals surface area contributed by atoms with Gasteiger partial charge in [-0.05, 0) is 19.1 Å². The Kier molecular flexibility index (Phi) is 4.50. The molecule has 0 amide bonds. The van der Waals surface area contributed by atoms with Crippen LogP contribution in [-0.4, -0.2) is 16.8 Å². The third-order valence-corrected chi connectivity index (χ3v) is 0.690. The first-order valence-electron chi connectivity index (χ1n) is 2.22. The van der Waals surface area contributed by atoms with Crippen molar-refractivity contribution in [1.29, 1.82) is 0 Å². The van der Waals surface area contributed by atoms with E-state index in [2.05, 4.69) is 17.0 Å². The van der Waals surface area contributed by atoms with Gasteiger partial charge in [0.1, 0.15) is 6.61 Å². The molecule has 0 aliphatic rings. The molecule has 46 valence electrons. The first-order valence-corrected chi connectivity index (χ1v) is 2.63. The molecule has 0 fully saturated rings. The molecular weight excluding hydrogens is 124 g/mol. The molecule has 0 spiro atoms. The summed E-state index contributed by atoms with van der Waals surface area (Å²) in [6.45, 7) is 1.61. The molecular formula is C5H8O2S. The Hall–Kier alpha value is -0.410. The number of hydrogen-bond acceptors (Lipinski definition) is 3. The van der Waals surface area contributed by atoms with Crippen molar-refractivity contribution >= 4 is 17.3 Å². The fraction of sp³-hybridized carbons (Fsp3) is 0.400. The molecule has 3 heteroatoms. The van der Waals surface area contributed by atoms with Crippen LogP contribution in [0.2, 0.25) is 0 Å². The van der Waals surface area contributed by atoms with Crippen molar-refractivity contribution in [1.82, 2.24) is 0 Å². The van der Waals surface area contributed by atoms with Crippen LogP contribution in [0.25, 0.3) is 0 Å². The quantitative estimate of drug-likeness (QED) is 0.446. The molecule has 0 rings (SSSR count). The van der Waals surface area contributed by atoms with Gasteiger partial charge in [0, 0.05) is 0 Å². The summed E-state index contributed by atoms with van der Waals surface area (Å²) in [4.78, 5) is 0. The smallest absolute Gasteiger partial charge is 0.191 e. The molecule has 1 N–H and O–H groups in total. The predicted octanol–water partition coefficient (Wildman–Crippen LogP) is 0.856. The Balaban J connectivity index is 3.25. The Bertz CT molecular complexity index is 98.6. The van der Waals surface area contributed by atoms with E-state index in [1.165, 1.54) is 6.26 Å². The van der Waals surface area contributed by atoms with Gasteiger partial charge in [0.05, 0.1) is 6.26 Å². The second kappa shape index (κ2) is 4.74. The highest BCUT2D eigenvalue weighted by Crippen LogP contribution is 1.80. The molecule has 2 nitrogen and oxygen atoms in total. The highest BCUT2D eigenvalue weighted by molar-refractivity contribution is 7.80. The van der Waals surface area contributed by atoms with E-state index in [0.717, 1.165) is 0 Å². The van der Waals surface area contributed by atoms with Crippen LogP contribution in [0.1, 0.15) is 6.92 Å². The second-order valence-electron chi connectivity index (χ2n) is 1.12. The largest absolute Gasteiger partial charge is 0.456 e. The summed E-state index contributed by atoms with van der Waals surface area (Å²) in [5.74, 6) is 0.